The van der Waals surface area contributed by atoms with E-state index in [1.807, 2.05) is 4.90 Å². The molecule has 1 heterocycles. The van der Waals surface area contributed by atoms with E-state index in [2.05, 4.69) is 0 Å². The molecule has 0 aromatic heterocycles. The number of piperazine rings is 1. The van der Waals surface area contributed by atoms with Crippen LogP contribution in [-0.2, 0) is 0 Å². The summed E-state index contributed by atoms with van der Waals surface area (Å²) < 4.78 is 37.9. The van der Waals surface area contributed by atoms with Gasteiger partial charge in [0.1, 0.15) is 11.6 Å². The smallest absolute Gasteiger partial charge is 0.257 e. The van der Waals surface area contributed by atoms with Gasteiger partial charge in [0.15, 0.2) is 11.6 Å². The van der Waals surface area contributed by atoms with E-state index in [4.69, 9.17) is 9.47 Å². The number of anilines is 1. The molecule has 0 aliphatic carbocycles. The van der Waals surface area contributed by atoms with Gasteiger partial charge in [-0.15, -0.1) is 0 Å². The van der Waals surface area contributed by atoms with Gasteiger partial charge in [-0.1, -0.05) is 6.07 Å². The zero-order valence-corrected chi connectivity index (χ0v) is 14.7. The van der Waals surface area contributed by atoms with Gasteiger partial charge < -0.3 is 19.3 Å². The summed E-state index contributed by atoms with van der Waals surface area (Å²) in [5, 5.41) is 0. The van der Waals surface area contributed by atoms with Crippen molar-refractivity contribution >= 4 is 11.6 Å². The monoisotopic (exact) mass is 362 g/mol. The van der Waals surface area contributed by atoms with E-state index in [0.29, 0.717) is 31.9 Å². The average Bonchev–Trinajstić information content (AvgIpc) is 2.67. The van der Waals surface area contributed by atoms with E-state index in [9.17, 15) is 13.6 Å². The van der Waals surface area contributed by atoms with E-state index in [-0.39, 0.29) is 23.0 Å². The lowest BCUT2D eigenvalue weighted by atomic mass is 10.1. The Hall–Kier alpha value is -2.83. The fraction of sp³-hybridized carbons (Fsp3) is 0.316. The van der Waals surface area contributed by atoms with Gasteiger partial charge in [-0.2, -0.15) is 0 Å². The third kappa shape index (κ3) is 3.42. The van der Waals surface area contributed by atoms with E-state index in [0.717, 1.165) is 5.69 Å². The predicted molar refractivity (Wildman–Crippen MR) is 94.0 cm³/mol. The molecule has 5 nitrogen and oxygen atoms in total. The van der Waals surface area contributed by atoms with Gasteiger partial charge in [0.05, 0.1) is 25.5 Å². The first-order valence-electron chi connectivity index (χ1n) is 8.25. The van der Waals surface area contributed by atoms with Crippen LogP contribution in [0.15, 0.2) is 36.4 Å². The van der Waals surface area contributed by atoms with Crippen LogP contribution in [0, 0.1) is 11.6 Å². The van der Waals surface area contributed by atoms with Crippen molar-refractivity contribution < 1.29 is 23.0 Å². The van der Waals surface area contributed by atoms with Crippen LogP contribution < -0.4 is 14.4 Å². The number of halogens is 2. The minimum Gasteiger partial charge on any atom is -0.494 e. The summed E-state index contributed by atoms with van der Waals surface area (Å²) in [7, 11) is 2.85. The molecule has 7 heteroatoms. The van der Waals surface area contributed by atoms with Crippen molar-refractivity contribution in [1.29, 1.82) is 0 Å². The Morgan fingerprint density at radius 2 is 1.65 bits per heavy atom. The lowest BCUT2D eigenvalue weighted by Gasteiger charge is -2.36. The molecule has 0 unspecified atom stereocenters. The summed E-state index contributed by atoms with van der Waals surface area (Å²) >= 11 is 0. The number of rotatable bonds is 4. The molecule has 2 aromatic rings. The van der Waals surface area contributed by atoms with Crippen molar-refractivity contribution in [2.24, 2.45) is 0 Å². The molecule has 0 atom stereocenters. The summed E-state index contributed by atoms with van der Waals surface area (Å²) in [5.74, 6) is -0.892. The summed E-state index contributed by atoms with van der Waals surface area (Å²) in [6.07, 6.45) is 0. The minimum absolute atomic E-state index is 0.00263. The van der Waals surface area contributed by atoms with Crippen LogP contribution in [0.4, 0.5) is 14.5 Å². The highest BCUT2D eigenvalue weighted by molar-refractivity contribution is 5.95. The summed E-state index contributed by atoms with van der Waals surface area (Å²) in [4.78, 5) is 16.3. The molecule has 0 saturated carbocycles. The topological polar surface area (TPSA) is 42.0 Å². The molecule has 0 bridgehead atoms. The number of hydrogen-bond donors (Lipinski definition) is 0. The van der Waals surface area contributed by atoms with Crippen LogP contribution in [0.3, 0.4) is 0 Å². The summed E-state index contributed by atoms with van der Waals surface area (Å²) in [6, 6.07) is 8.89. The maximum atomic E-state index is 14.3. The Labute approximate surface area is 150 Å². The zero-order valence-electron chi connectivity index (χ0n) is 14.7. The number of carbonyl (C=O) groups is 1. The van der Waals surface area contributed by atoms with Crippen molar-refractivity contribution in [3.05, 3.63) is 53.6 Å². The van der Waals surface area contributed by atoms with Gasteiger partial charge in [0.25, 0.3) is 5.91 Å². The number of benzene rings is 2. The average molecular weight is 362 g/mol. The molecule has 1 fully saturated rings. The largest absolute Gasteiger partial charge is 0.494 e. The van der Waals surface area contributed by atoms with Crippen molar-refractivity contribution in [3.8, 4) is 11.5 Å². The molecule has 2 aromatic carbocycles. The molecule has 1 amide bonds. The fourth-order valence-electron chi connectivity index (χ4n) is 3.07. The van der Waals surface area contributed by atoms with Crippen molar-refractivity contribution in [1.82, 2.24) is 4.90 Å². The van der Waals surface area contributed by atoms with Crippen LogP contribution in [0.2, 0.25) is 0 Å². The highest BCUT2D eigenvalue weighted by Gasteiger charge is 2.26. The predicted octanol–water partition coefficient (Wildman–Crippen LogP) is 2.94. The quantitative estimate of drug-likeness (QED) is 0.839. The van der Waals surface area contributed by atoms with Gasteiger partial charge in [0, 0.05) is 32.2 Å². The molecular weight excluding hydrogens is 342 g/mol. The molecule has 1 saturated heterocycles. The Morgan fingerprint density at radius 3 is 2.31 bits per heavy atom. The van der Waals surface area contributed by atoms with Crippen molar-refractivity contribution in [3.63, 3.8) is 0 Å². The van der Waals surface area contributed by atoms with Crippen LogP contribution in [0.25, 0.3) is 0 Å². The van der Waals surface area contributed by atoms with Gasteiger partial charge in [-0.05, 0) is 24.3 Å². The summed E-state index contributed by atoms with van der Waals surface area (Å²) in [6.45, 7) is 1.94. The Bertz CT molecular complexity index is 805. The lowest BCUT2D eigenvalue weighted by molar-refractivity contribution is 0.0741. The number of nitrogens with zero attached hydrogens (tertiary/aromatic N) is 2. The third-order valence-electron chi connectivity index (χ3n) is 4.46. The molecule has 26 heavy (non-hydrogen) atoms. The highest BCUT2D eigenvalue weighted by Crippen LogP contribution is 2.30. The minimum atomic E-state index is -0.650. The van der Waals surface area contributed by atoms with E-state index in [1.54, 1.807) is 17.0 Å². The molecule has 0 radical (unpaired) electrons. The number of carbonyl (C=O) groups excluding carboxylic acids is 1. The number of hydrogen-bond acceptors (Lipinski definition) is 4. The Kier molecular flexibility index (Phi) is 5.25. The van der Waals surface area contributed by atoms with Gasteiger partial charge in [-0.3, -0.25) is 4.79 Å². The van der Waals surface area contributed by atoms with E-state index in [1.165, 1.54) is 38.5 Å². The Morgan fingerprint density at radius 1 is 0.962 bits per heavy atom. The second kappa shape index (κ2) is 7.59. The van der Waals surface area contributed by atoms with E-state index >= 15 is 0 Å². The lowest BCUT2D eigenvalue weighted by Crippen LogP contribution is -2.49. The van der Waals surface area contributed by atoms with Gasteiger partial charge in [-0.25, -0.2) is 8.78 Å². The first kappa shape index (κ1) is 18.0. The molecule has 0 N–H and O–H groups in total. The highest BCUT2D eigenvalue weighted by atomic mass is 19.1. The number of methoxy groups -OCH3 is 2. The first-order valence-corrected chi connectivity index (χ1v) is 8.25. The number of amides is 1. The molecular formula is C19H20F2N2O3. The Balaban J connectivity index is 1.72. The maximum Gasteiger partial charge on any atom is 0.257 e. The normalized spacial score (nSPS) is 14.3. The number of ether oxygens (including phenoxy) is 2. The first-order chi connectivity index (χ1) is 12.5. The van der Waals surface area contributed by atoms with Crippen LogP contribution in [-0.4, -0.2) is 51.2 Å². The van der Waals surface area contributed by atoms with Crippen LogP contribution in [0.1, 0.15) is 10.4 Å². The van der Waals surface area contributed by atoms with E-state index < -0.39 is 5.82 Å². The van der Waals surface area contributed by atoms with Crippen LogP contribution >= 0.6 is 0 Å². The molecule has 1 aliphatic rings. The maximum absolute atomic E-state index is 14.3. The molecule has 1 aliphatic heterocycles. The van der Waals surface area contributed by atoms with Crippen molar-refractivity contribution in [2.75, 3.05) is 45.3 Å². The van der Waals surface area contributed by atoms with Gasteiger partial charge in [0.2, 0.25) is 0 Å². The SMILES string of the molecule is COc1cc(F)ccc1N1CCN(C(=O)c2cccc(OC)c2F)CC1. The molecule has 0 spiro atoms. The second-order valence-electron chi connectivity index (χ2n) is 5.92. The van der Waals surface area contributed by atoms with Crippen LogP contribution in [0.5, 0.6) is 11.5 Å². The van der Waals surface area contributed by atoms with Crippen molar-refractivity contribution in [2.45, 2.75) is 0 Å². The van der Waals surface area contributed by atoms with Gasteiger partial charge >= 0.3 is 0 Å². The summed E-state index contributed by atoms with van der Waals surface area (Å²) in [5.41, 5.74) is 0.769. The third-order valence-corrected chi connectivity index (χ3v) is 4.46. The molecule has 138 valence electrons. The fourth-order valence-corrected chi connectivity index (χ4v) is 3.07. The standard InChI is InChI=1S/C19H20F2N2O3/c1-25-16-5-3-4-14(18(16)21)19(24)23-10-8-22(9-11-23)15-7-6-13(20)12-17(15)26-2/h3-7,12H,8-11H2,1-2H3. The second-order valence-corrected chi connectivity index (χ2v) is 5.92. The zero-order chi connectivity index (χ0) is 18.7. The molecule has 3 rings (SSSR count).